The van der Waals surface area contributed by atoms with Gasteiger partial charge in [0.25, 0.3) is 0 Å². The number of hydrogen-bond acceptors (Lipinski definition) is 3. The van der Waals surface area contributed by atoms with E-state index in [-0.39, 0.29) is 12.1 Å². The highest BCUT2D eigenvalue weighted by atomic mass is 16.5. The van der Waals surface area contributed by atoms with Gasteiger partial charge in [0.05, 0.1) is 12.1 Å². The molecule has 2 atom stereocenters. The molecule has 0 radical (unpaired) electrons. The molecule has 0 aliphatic carbocycles. The molecule has 3 nitrogen and oxygen atoms in total. The lowest BCUT2D eigenvalue weighted by Crippen LogP contribution is -2.37. The van der Waals surface area contributed by atoms with Crippen molar-refractivity contribution in [3.63, 3.8) is 0 Å². The smallest absolute Gasteiger partial charge is 0.0779 e. The summed E-state index contributed by atoms with van der Waals surface area (Å²) in [7, 11) is 0. The Morgan fingerprint density at radius 2 is 1.76 bits per heavy atom. The van der Waals surface area contributed by atoms with Crippen molar-refractivity contribution in [2.45, 2.75) is 46.3 Å². The van der Waals surface area contributed by atoms with E-state index in [1.165, 1.54) is 16.7 Å². The molecule has 17 heavy (non-hydrogen) atoms. The molecule has 0 saturated carbocycles. The first kappa shape index (κ1) is 14.2. The van der Waals surface area contributed by atoms with Crippen molar-refractivity contribution in [2.24, 2.45) is 5.84 Å². The standard InChI is InChI=1S/C14H24N2O/c1-5-13(17-6-2)14(16-15)12-8-10(3)7-11(4)9-12/h7-9,13-14,16H,5-6,15H2,1-4H3. The quantitative estimate of drug-likeness (QED) is 0.589. The van der Waals surface area contributed by atoms with Crippen LogP contribution in [0.1, 0.15) is 43.0 Å². The van der Waals surface area contributed by atoms with Crippen LogP contribution >= 0.6 is 0 Å². The van der Waals surface area contributed by atoms with Gasteiger partial charge in [0, 0.05) is 6.61 Å². The Morgan fingerprint density at radius 1 is 1.18 bits per heavy atom. The van der Waals surface area contributed by atoms with E-state index in [2.05, 4.69) is 44.4 Å². The van der Waals surface area contributed by atoms with Crippen LogP contribution in [0.25, 0.3) is 0 Å². The van der Waals surface area contributed by atoms with Gasteiger partial charge in [-0.1, -0.05) is 36.2 Å². The predicted molar refractivity (Wildman–Crippen MR) is 71.7 cm³/mol. The maximum absolute atomic E-state index is 5.74. The fourth-order valence-electron chi connectivity index (χ4n) is 2.27. The number of ether oxygens (including phenoxy) is 1. The summed E-state index contributed by atoms with van der Waals surface area (Å²) in [5.41, 5.74) is 6.60. The van der Waals surface area contributed by atoms with Crippen LogP contribution in [-0.2, 0) is 4.74 Å². The van der Waals surface area contributed by atoms with Gasteiger partial charge < -0.3 is 4.74 Å². The van der Waals surface area contributed by atoms with Crippen LogP contribution < -0.4 is 11.3 Å². The van der Waals surface area contributed by atoms with Crippen molar-refractivity contribution in [3.05, 3.63) is 34.9 Å². The van der Waals surface area contributed by atoms with Crippen LogP contribution in [-0.4, -0.2) is 12.7 Å². The van der Waals surface area contributed by atoms with E-state index in [4.69, 9.17) is 10.6 Å². The number of aryl methyl sites for hydroxylation is 2. The summed E-state index contributed by atoms with van der Waals surface area (Å²) in [6.45, 7) is 9.05. The van der Waals surface area contributed by atoms with Crippen LogP contribution in [0.2, 0.25) is 0 Å². The van der Waals surface area contributed by atoms with Gasteiger partial charge in [0.15, 0.2) is 0 Å². The van der Waals surface area contributed by atoms with E-state index in [1.54, 1.807) is 0 Å². The first-order chi connectivity index (χ1) is 8.12. The summed E-state index contributed by atoms with van der Waals surface area (Å²) in [6.07, 6.45) is 1.06. The molecule has 2 unspecified atom stereocenters. The predicted octanol–water partition coefficient (Wildman–Crippen LogP) is 2.62. The Hall–Kier alpha value is -0.900. The van der Waals surface area contributed by atoms with Gasteiger partial charge in [-0.15, -0.1) is 0 Å². The first-order valence-corrected chi connectivity index (χ1v) is 6.28. The lowest BCUT2D eigenvalue weighted by Gasteiger charge is -2.26. The molecular weight excluding hydrogens is 212 g/mol. The lowest BCUT2D eigenvalue weighted by atomic mass is 9.96. The second-order valence-electron chi connectivity index (χ2n) is 4.47. The number of nitrogens with two attached hydrogens (primary N) is 1. The van der Waals surface area contributed by atoms with Crippen molar-refractivity contribution >= 4 is 0 Å². The topological polar surface area (TPSA) is 47.3 Å². The molecule has 0 aliphatic rings. The average molecular weight is 236 g/mol. The van der Waals surface area contributed by atoms with Crippen molar-refractivity contribution in [2.75, 3.05) is 6.61 Å². The van der Waals surface area contributed by atoms with Gasteiger partial charge in [-0.05, 0) is 32.8 Å². The molecule has 0 aliphatic heterocycles. The van der Waals surface area contributed by atoms with Crippen LogP contribution in [0.5, 0.6) is 0 Å². The Kier molecular flexibility index (Phi) is 5.62. The van der Waals surface area contributed by atoms with Gasteiger partial charge in [-0.3, -0.25) is 11.3 Å². The second-order valence-corrected chi connectivity index (χ2v) is 4.47. The normalized spacial score (nSPS) is 14.6. The number of hydrogen-bond donors (Lipinski definition) is 2. The Bertz CT molecular complexity index is 332. The van der Waals surface area contributed by atoms with Crippen LogP contribution in [0.4, 0.5) is 0 Å². The zero-order chi connectivity index (χ0) is 12.8. The summed E-state index contributed by atoms with van der Waals surface area (Å²) in [5, 5.41) is 0. The summed E-state index contributed by atoms with van der Waals surface area (Å²) in [5.74, 6) is 5.68. The minimum absolute atomic E-state index is 0.0542. The lowest BCUT2D eigenvalue weighted by molar-refractivity contribution is 0.0314. The van der Waals surface area contributed by atoms with Crippen LogP contribution in [0.3, 0.4) is 0 Å². The fraction of sp³-hybridized carbons (Fsp3) is 0.571. The van der Waals surface area contributed by atoms with Crippen molar-refractivity contribution in [1.29, 1.82) is 0 Å². The van der Waals surface area contributed by atoms with E-state index in [0.717, 1.165) is 6.42 Å². The molecule has 0 heterocycles. The molecule has 1 rings (SSSR count). The fourth-order valence-corrected chi connectivity index (χ4v) is 2.27. The minimum Gasteiger partial charge on any atom is -0.376 e. The van der Waals surface area contributed by atoms with Crippen molar-refractivity contribution < 1.29 is 4.74 Å². The molecule has 1 aromatic carbocycles. The van der Waals surface area contributed by atoms with Crippen LogP contribution in [0.15, 0.2) is 18.2 Å². The third kappa shape index (κ3) is 3.80. The Morgan fingerprint density at radius 3 is 2.18 bits per heavy atom. The molecule has 0 spiro atoms. The molecule has 1 aromatic rings. The molecule has 3 heteroatoms. The van der Waals surface area contributed by atoms with E-state index in [1.807, 2.05) is 6.92 Å². The van der Waals surface area contributed by atoms with E-state index < -0.39 is 0 Å². The number of nitrogens with one attached hydrogen (secondary N) is 1. The molecule has 0 bridgehead atoms. The summed E-state index contributed by atoms with van der Waals surface area (Å²) < 4.78 is 5.74. The monoisotopic (exact) mass is 236 g/mol. The first-order valence-electron chi connectivity index (χ1n) is 6.28. The molecule has 0 fully saturated rings. The zero-order valence-electron chi connectivity index (χ0n) is 11.3. The zero-order valence-corrected chi connectivity index (χ0v) is 11.3. The Labute approximate surface area is 104 Å². The third-order valence-electron chi connectivity index (χ3n) is 2.94. The number of rotatable bonds is 6. The maximum atomic E-state index is 5.74. The highest BCUT2D eigenvalue weighted by Crippen LogP contribution is 2.23. The van der Waals surface area contributed by atoms with Crippen molar-refractivity contribution in [3.8, 4) is 0 Å². The van der Waals surface area contributed by atoms with Gasteiger partial charge in [0.2, 0.25) is 0 Å². The number of benzene rings is 1. The van der Waals surface area contributed by atoms with Gasteiger partial charge >= 0.3 is 0 Å². The molecule has 96 valence electrons. The van der Waals surface area contributed by atoms with Gasteiger partial charge in [-0.25, -0.2) is 0 Å². The van der Waals surface area contributed by atoms with Gasteiger partial charge in [-0.2, -0.15) is 0 Å². The molecular formula is C14H24N2O. The van der Waals surface area contributed by atoms with E-state index in [9.17, 15) is 0 Å². The molecule has 3 N–H and O–H groups in total. The summed E-state index contributed by atoms with van der Waals surface area (Å²) in [4.78, 5) is 0. The summed E-state index contributed by atoms with van der Waals surface area (Å²) in [6, 6.07) is 6.55. The highest BCUT2D eigenvalue weighted by Gasteiger charge is 2.21. The SMILES string of the molecule is CCOC(CC)C(NN)c1cc(C)cc(C)c1. The summed E-state index contributed by atoms with van der Waals surface area (Å²) >= 11 is 0. The van der Waals surface area contributed by atoms with E-state index >= 15 is 0 Å². The second kappa shape index (κ2) is 6.74. The Balaban J connectivity index is 2.98. The van der Waals surface area contributed by atoms with Gasteiger partial charge in [0.1, 0.15) is 0 Å². The molecule has 0 amide bonds. The minimum atomic E-state index is 0.0542. The highest BCUT2D eigenvalue weighted by molar-refractivity contribution is 5.31. The average Bonchev–Trinajstić information content (AvgIpc) is 2.27. The van der Waals surface area contributed by atoms with E-state index in [0.29, 0.717) is 6.61 Å². The molecule has 0 aromatic heterocycles. The largest absolute Gasteiger partial charge is 0.376 e. The number of hydrazine groups is 1. The third-order valence-corrected chi connectivity index (χ3v) is 2.94. The van der Waals surface area contributed by atoms with Crippen LogP contribution in [0, 0.1) is 13.8 Å². The van der Waals surface area contributed by atoms with Crippen molar-refractivity contribution in [1.82, 2.24) is 5.43 Å². The maximum Gasteiger partial charge on any atom is 0.0779 e. The molecule has 0 saturated heterocycles.